The second-order valence-corrected chi connectivity index (χ2v) is 4.42. The van der Waals surface area contributed by atoms with E-state index in [9.17, 15) is 0 Å². The molecule has 0 heterocycles. The zero-order chi connectivity index (χ0) is 11.6. The predicted molar refractivity (Wildman–Crippen MR) is 63.2 cm³/mol. The maximum Gasteiger partial charge on any atom is 0.106 e. The van der Waals surface area contributed by atoms with Gasteiger partial charge in [-0.25, -0.2) is 0 Å². The molecule has 2 N–H and O–H groups in total. The Hall–Kier alpha value is -0.900. The lowest BCUT2D eigenvalue weighted by Gasteiger charge is -2.21. The summed E-state index contributed by atoms with van der Waals surface area (Å²) < 4.78 is 10.6. The molecule has 3 heteroatoms. The summed E-state index contributed by atoms with van der Waals surface area (Å²) in [5.74, 6) is 0. The van der Waals surface area contributed by atoms with Crippen LogP contribution in [0.3, 0.4) is 0 Å². The Kier molecular flexibility index (Phi) is 3.28. The van der Waals surface area contributed by atoms with Crippen LogP contribution in [0.5, 0.6) is 0 Å². The number of ether oxygens (including phenoxy) is 2. The van der Waals surface area contributed by atoms with Crippen LogP contribution < -0.4 is 5.73 Å². The van der Waals surface area contributed by atoms with Gasteiger partial charge in [-0.15, -0.1) is 0 Å². The quantitative estimate of drug-likeness (QED) is 0.826. The summed E-state index contributed by atoms with van der Waals surface area (Å²) in [6, 6.07) is 8.23. The summed E-state index contributed by atoms with van der Waals surface area (Å²) >= 11 is 0. The number of hydrogen-bond donors (Lipinski definition) is 1. The summed E-state index contributed by atoms with van der Waals surface area (Å²) in [5.41, 5.74) is 8.50. The number of rotatable bonds is 5. The largest absolute Gasteiger partial charge is 0.382 e. The fourth-order valence-corrected chi connectivity index (χ4v) is 2.07. The van der Waals surface area contributed by atoms with Gasteiger partial charge in [0.25, 0.3) is 0 Å². The highest BCUT2D eigenvalue weighted by atomic mass is 16.5. The Morgan fingerprint density at radius 3 is 2.56 bits per heavy atom. The fraction of sp³-hybridized carbons (Fsp3) is 0.538. The lowest BCUT2D eigenvalue weighted by Crippen LogP contribution is -2.23. The van der Waals surface area contributed by atoms with Crippen LogP contribution in [0.2, 0.25) is 0 Å². The van der Waals surface area contributed by atoms with E-state index in [2.05, 4.69) is 12.1 Å². The summed E-state index contributed by atoms with van der Waals surface area (Å²) in [5, 5.41) is 0. The van der Waals surface area contributed by atoms with Gasteiger partial charge in [-0.05, 0) is 24.0 Å². The maximum atomic E-state index is 6.26. The van der Waals surface area contributed by atoms with E-state index in [-0.39, 0.29) is 11.6 Å². The van der Waals surface area contributed by atoms with Crippen LogP contribution in [-0.4, -0.2) is 20.8 Å². The molecule has 0 aliphatic heterocycles. The summed E-state index contributed by atoms with van der Waals surface area (Å²) in [6.45, 7) is 0.559. The van der Waals surface area contributed by atoms with Crippen molar-refractivity contribution >= 4 is 0 Å². The van der Waals surface area contributed by atoms with Crippen molar-refractivity contribution in [2.24, 2.45) is 5.73 Å². The van der Waals surface area contributed by atoms with Crippen molar-refractivity contribution in [3.05, 3.63) is 35.4 Å². The Morgan fingerprint density at radius 1 is 1.31 bits per heavy atom. The fourth-order valence-electron chi connectivity index (χ4n) is 2.07. The first-order valence-electron chi connectivity index (χ1n) is 5.61. The topological polar surface area (TPSA) is 44.5 Å². The first kappa shape index (κ1) is 11.6. The van der Waals surface area contributed by atoms with Crippen molar-refractivity contribution in [3.8, 4) is 0 Å². The van der Waals surface area contributed by atoms with E-state index >= 15 is 0 Å². The van der Waals surface area contributed by atoms with Crippen molar-refractivity contribution in [2.45, 2.75) is 24.5 Å². The van der Waals surface area contributed by atoms with Crippen molar-refractivity contribution in [1.82, 2.24) is 0 Å². The summed E-state index contributed by atoms with van der Waals surface area (Å²) in [6.07, 6.45) is 2.10. The summed E-state index contributed by atoms with van der Waals surface area (Å²) in [7, 11) is 3.39. The Labute approximate surface area is 96.5 Å². The van der Waals surface area contributed by atoms with Gasteiger partial charge in [0.2, 0.25) is 0 Å². The van der Waals surface area contributed by atoms with Crippen LogP contribution >= 0.6 is 0 Å². The van der Waals surface area contributed by atoms with Crippen LogP contribution in [0.15, 0.2) is 24.3 Å². The minimum absolute atomic E-state index is 0.0257. The van der Waals surface area contributed by atoms with Crippen LogP contribution in [0.1, 0.15) is 30.1 Å². The van der Waals surface area contributed by atoms with Gasteiger partial charge < -0.3 is 15.2 Å². The Bertz CT molecular complexity index is 361. The zero-order valence-electron chi connectivity index (χ0n) is 9.90. The molecule has 2 rings (SSSR count). The van der Waals surface area contributed by atoms with Gasteiger partial charge in [0.15, 0.2) is 0 Å². The monoisotopic (exact) mass is 221 g/mol. The molecule has 1 aliphatic carbocycles. The van der Waals surface area contributed by atoms with Crippen molar-refractivity contribution in [3.63, 3.8) is 0 Å². The molecular formula is C13H19NO2. The number of benzene rings is 1. The molecule has 0 amide bonds. The molecule has 0 aromatic heterocycles. The van der Waals surface area contributed by atoms with Crippen molar-refractivity contribution < 1.29 is 9.47 Å². The van der Waals surface area contributed by atoms with Gasteiger partial charge in [-0.2, -0.15) is 0 Å². The predicted octanol–water partition coefficient (Wildman–Crippen LogP) is 1.97. The first-order chi connectivity index (χ1) is 7.71. The zero-order valence-corrected chi connectivity index (χ0v) is 9.90. The molecule has 1 saturated carbocycles. The molecule has 0 saturated heterocycles. The minimum atomic E-state index is -0.124. The van der Waals surface area contributed by atoms with Crippen LogP contribution in [0.25, 0.3) is 0 Å². The Morgan fingerprint density at radius 2 is 2.00 bits per heavy atom. The molecule has 1 fully saturated rings. The van der Waals surface area contributed by atoms with E-state index in [4.69, 9.17) is 15.2 Å². The third-order valence-corrected chi connectivity index (χ3v) is 3.24. The summed E-state index contributed by atoms with van der Waals surface area (Å²) in [4.78, 5) is 0. The van der Waals surface area contributed by atoms with Crippen LogP contribution in [-0.2, 0) is 15.0 Å². The average Bonchev–Trinajstić information content (AvgIpc) is 3.06. The van der Waals surface area contributed by atoms with Gasteiger partial charge in [0.1, 0.15) is 6.10 Å². The number of nitrogens with two attached hydrogens (primary N) is 1. The van der Waals surface area contributed by atoms with E-state index in [0.29, 0.717) is 6.61 Å². The lowest BCUT2D eigenvalue weighted by molar-refractivity contribution is 0.0267. The molecule has 0 spiro atoms. The maximum absolute atomic E-state index is 6.26. The second-order valence-electron chi connectivity index (χ2n) is 4.42. The van der Waals surface area contributed by atoms with E-state index in [0.717, 1.165) is 18.4 Å². The van der Waals surface area contributed by atoms with Gasteiger partial charge in [-0.3, -0.25) is 0 Å². The van der Waals surface area contributed by atoms with Crippen molar-refractivity contribution in [2.75, 3.05) is 20.8 Å². The van der Waals surface area contributed by atoms with Crippen LogP contribution in [0.4, 0.5) is 0 Å². The Balaban J connectivity index is 2.31. The van der Waals surface area contributed by atoms with Gasteiger partial charge >= 0.3 is 0 Å². The molecule has 1 aliphatic rings. The standard InChI is InChI=1S/C13H19NO2/c1-15-9-12(16-2)10-5-3-4-6-11(10)13(14)7-8-13/h3-6,12H,7-9,14H2,1-2H3. The van der Waals surface area contributed by atoms with Gasteiger partial charge in [0.05, 0.1) is 6.61 Å². The van der Waals surface area contributed by atoms with Crippen LogP contribution in [0, 0.1) is 0 Å². The normalized spacial score (nSPS) is 19.4. The molecule has 0 bridgehead atoms. The molecular weight excluding hydrogens is 202 g/mol. The highest BCUT2D eigenvalue weighted by Gasteiger charge is 2.42. The molecule has 1 aromatic carbocycles. The highest BCUT2D eigenvalue weighted by Crippen LogP contribution is 2.45. The molecule has 3 nitrogen and oxygen atoms in total. The molecule has 0 radical (unpaired) electrons. The minimum Gasteiger partial charge on any atom is -0.382 e. The van der Waals surface area contributed by atoms with Gasteiger partial charge in [0, 0.05) is 19.8 Å². The van der Waals surface area contributed by atoms with Gasteiger partial charge in [-0.1, -0.05) is 24.3 Å². The second kappa shape index (κ2) is 4.53. The number of hydrogen-bond acceptors (Lipinski definition) is 3. The molecule has 16 heavy (non-hydrogen) atoms. The van der Waals surface area contributed by atoms with Crippen molar-refractivity contribution in [1.29, 1.82) is 0 Å². The van der Waals surface area contributed by atoms with E-state index in [1.165, 1.54) is 5.56 Å². The number of methoxy groups -OCH3 is 2. The lowest BCUT2D eigenvalue weighted by atomic mass is 9.95. The van der Waals surface area contributed by atoms with E-state index < -0.39 is 0 Å². The molecule has 88 valence electrons. The SMILES string of the molecule is COCC(OC)c1ccccc1C1(N)CC1. The van der Waals surface area contributed by atoms with E-state index in [1.807, 2.05) is 12.1 Å². The average molecular weight is 221 g/mol. The molecule has 1 unspecified atom stereocenters. The smallest absolute Gasteiger partial charge is 0.106 e. The highest BCUT2D eigenvalue weighted by molar-refractivity contribution is 5.38. The molecule has 1 aromatic rings. The van der Waals surface area contributed by atoms with E-state index in [1.54, 1.807) is 14.2 Å². The third-order valence-electron chi connectivity index (χ3n) is 3.24. The third kappa shape index (κ3) is 2.12. The molecule has 1 atom stereocenters. The first-order valence-corrected chi connectivity index (χ1v) is 5.61.